The van der Waals surface area contributed by atoms with E-state index in [1.807, 2.05) is 45.3 Å². The summed E-state index contributed by atoms with van der Waals surface area (Å²) in [5.74, 6) is 0. The molecule has 34 rings (SSSR count). The van der Waals surface area contributed by atoms with Gasteiger partial charge in [-0.2, -0.15) is 0 Å². The zero-order chi connectivity index (χ0) is 96.3. The lowest BCUT2D eigenvalue weighted by molar-refractivity contribution is 1.54. The van der Waals surface area contributed by atoms with Gasteiger partial charge in [-0.15, -0.1) is 45.3 Å². The number of benzene rings is 28. The molecule has 0 amide bonds. The van der Waals surface area contributed by atoms with Gasteiger partial charge in [0.25, 0.3) is 0 Å². The topological polar surface area (TPSA) is 0 Å². The largest absolute Gasteiger partial charge is 0.135 e. The Morgan fingerprint density at radius 1 is 0.0743 bits per heavy atom. The van der Waals surface area contributed by atoms with Crippen molar-refractivity contribution in [2.75, 3.05) is 0 Å². The molecule has 0 spiro atoms. The zero-order valence-corrected chi connectivity index (χ0v) is 83.1. The molecule has 0 N–H and O–H groups in total. The second-order valence-corrected chi connectivity index (χ2v) is 44.8. The Morgan fingerprint density at radius 2 is 0.196 bits per heavy atom. The van der Waals surface area contributed by atoms with Gasteiger partial charge in [0.15, 0.2) is 0 Å². The monoisotopic (exact) mass is 1940 g/mol. The van der Waals surface area contributed by atoms with Crippen molar-refractivity contribution in [3.05, 3.63) is 485 Å². The third kappa shape index (κ3) is 12.3. The average molecular weight is 1940 g/mol. The number of thiophene rings is 4. The molecule has 0 bridgehead atoms. The van der Waals surface area contributed by atoms with Gasteiger partial charge in [-0.25, -0.2) is 0 Å². The molecule has 4 heterocycles. The second kappa shape index (κ2) is 31.8. The lowest BCUT2D eigenvalue weighted by atomic mass is 9.77. The highest BCUT2D eigenvalue weighted by Gasteiger charge is 2.32. The van der Waals surface area contributed by atoms with Crippen LogP contribution < -0.4 is 0 Å². The maximum absolute atomic E-state index is 2.55. The summed E-state index contributed by atoms with van der Waals surface area (Å²) in [5, 5.41) is 41.1. The molecule has 4 heteroatoms. The quantitative estimate of drug-likeness (QED) is 0.154. The van der Waals surface area contributed by atoms with E-state index in [0.717, 1.165) is 0 Å². The molecule has 680 valence electrons. The van der Waals surface area contributed by atoms with Crippen molar-refractivity contribution in [1.29, 1.82) is 0 Å². The number of rotatable bonds is 4. The van der Waals surface area contributed by atoms with Crippen LogP contribution in [0.2, 0.25) is 0 Å². The van der Waals surface area contributed by atoms with Crippen LogP contribution in [0.5, 0.6) is 0 Å². The summed E-state index contributed by atoms with van der Waals surface area (Å²) in [7, 11) is 0. The van der Waals surface area contributed by atoms with Gasteiger partial charge in [-0.1, -0.05) is 340 Å². The zero-order valence-electron chi connectivity index (χ0n) is 79.8. The maximum atomic E-state index is 2.55. The Morgan fingerprint density at radius 3 is 0.372 bits per heavy atom. The number of hydrogen-bond acceptors (Lipinski definition) is 4. The molecule has 148 heavy (non-hydrogen) atoms. The van der Waals surface area contributed by atoms with E-state index in [9.17, 15) is 0 Å². The maximum Gasteiger partial charge on any atom is 0.0355 e. The molecule has 0 saturated heterocycles. The fraction of sp³-hybridized carbons (Fsp3) is 0. The predicted molar refractivity (Wildman–Crippen MR) is 647 cm³/mol. The van der Waals surface area contributed by atoms with Crippen LogP contribution in [0.4, 0.5) is 0 Å². The molecule has 2 aliphatic rings. The third-order valence-electron chi connectivity index (χ3n) is 32.8. The van der Waals surface area contributed by atoms with Crippen LogP contribution in [0.1, 0.15) is 0 Å². The van der Waals surface area contributed by atoms with E-state index in [-0.39, 0.29) is 0 Å². The van der Waals surface area contributed by atoms with Gasteiger partial charge in [0.2, 0.25) is 0 Å². The Balaban J connectivity index is 0.000000129. The van der Waals surface area contributed by atoms with E-state index in [2.05, 4.69) is 485 Å². The Bertz CT molecular complexity index is 10900. The number of hydrogen-bond donors (Lipinski definition) is 0. The van der Waals surface area contributed by atoms with Crippen LogP contribution in [-0.2, 0) is 0 Å². The Hall–Kier alpha value is -17.8. The summed E-state index contributed by atoms with van der Waals surface area (Å²) in [6.45, 7) is 0. The van der Waals surface area contributed by atoms with Crippen molar-refractivity contribution < 1.29 is 0 Å². The lowest BCUT2D eigenvalue weighted by Crippen LogP contribution is -2.00. The van der Waals surface area contributed by atoms with Gasteiger partial charge in [-0.3, -0.25) is 0 Å². The molecule has 0 aliphatic heterocycles. The first kappa shape index (κ1) is 82.6. The minimum absolute atomic E-state index is 1.21. The summed E-state index contributed by atoms with van der Waals surface area (Å²) in [4.78, 5) is 0. The van der Waals surface area contributed by atoms with Crippen molar-refractivity contribution >= 4 is 255 Å². The normalized spacial score (nSPS) is 12.3. The molecule has 0 atom stereocenters. The molecule has 0 radical (unpaired) electrons. The van der Waals surface area contributed by atoms with Gasteiger partial charge >= 0.3 is 0 Å². The van der Waals surface area contributed by atoms with Crippen molar-refractivity contribution in [1.82, 2.24) is 0 Å². The van der Waals surface area contributed by atoms with Crippen LogP contribution in [0.3, 0.4) is 0 Å². The Kier molecular flexibility index (Phi) is 17.8. The Labute approximate surface area is 866 Å². The van der Waals surface area contributed by atoms with Crippen molar-refractivity contribution in [3.63, 3.8) is 0 Å². The average Bonchev–Trinajstić information content (AvgIpc) is 0.885. The van der Waals surface area contributed by atoms with E-state index in [1.54, 1.807) is 0 Å². The van der Waals surface area contributed by atoms with Crippen molar-refractivity contribution in [2.45, 2.75) is 0 Å². The van der Waals surface area contributed by atoms with E-state index in [1.165, 1.54) is 343 Å². The minimum Gasteiger partial charge on any atom is -0.135 e. The van der Waals surface area contributed by atoms with Gasteiger partial charge in [0.1, 0.15) is 0 Å². The predicted octanol–water partition coefficient (Wildman–Crippen LogP) is 43.3. The summed E-state index contributed by atoms with van der Waals surface area (Å²) < 4.78 is 10.6. The van der Waals surface area contributed by atoms with Gasteiger partial charge in [-0.05, 0) is 408 Å². The molecule has 32 aromatic rings. The highest BCUT2D eigenvalue weighted by molar-refractivity contribution is 7.27. The highest BCUT2D eigenvalue weighted by atomic mass is 32.1. The van der Waals surface area contributed by atoms with Gasteiger partial charge < -0.3 is 0 Å². The summed E-state index contributed by atoms with van der Waals surface area (Å²) in [6.07, 6.45) is 0. The van der Waals surface area contributed by atoms with Crippen LogP contribution >= 0.6 is 45.3 Å². The lowest BCUT2D eigenvalue weighted by Gasteiger charge is -2.26. The first-order valence-electron chi connectivity index (χ1n) is 51.1. The van der Waals surface area contributed by atoms with Crippen LogP contribution in [0.25, 0.3) is 343 Å². The first-order valence-corrected chi connectivity index (χ1v) is 54.4. The fourth-order valence-corrected chi connectivity index (χ4v) is 30.3. The summed E-state index contributed by atoms with van der Waals surface area (Å²) in [5.41, 5.74) is 29.5. The molecule has 4 aromatic heterocycles. The molecule has 0 nitrogen and oxygen atoms in total. The van der Waals surface area contributed by atoms with Crippen LogP contribution in [0, 0.1) is 0 Å². The standard InChI is InChI=1S/2C72H40S2/c1-5-17-49-45(13-1)47-15-3-7-19-51(47)61-39-65-58-34-42(44-28-32-72-68(36-44)56-22-10-12-24-70(56)74-72)26-30-54(58)64-38-60-50-18-6-2-14-46(50)48-16-4-8-20-52(48)62(60)40-66(64)57-33-41(25-29-53(57)63(65)37-59(49)61)43-27-31-71-67(35-43)55-21-9-11-23-69(55)73-71;1-5-17-49-45(13-1)46-14-2-6-18-50(46)60-38-64-54-30-26-42(44-28-32-72-68(36-44)56-22-10-12-24-70(56)74-72)34-58(54)66-40-62-52-20-8-4-16-48(52)47-15-3-7-19-51(47)61(62)39-65(66)57-33-41(25-29-53(57)63(64)37-59(49)60)43-27-31-71-67(35-43)55-21-9-11-23-69(55)73-71/h2*1-40H. The molecular formula is C144H80S4. The highest BCUT2D eigenvalue weighted by Crippen LogP contribution is 2.59. The van der Waals surface area contributed by atoms with Gasteiger partial charge in [0.05, 0.1) is 0 Å². The van der Waals surface area contributed by atoms with E-state index in [0.29, 0.717) is 0 Å². The third-order valence-corrected chi connectivity index (χ3v) is 37.4. The molecular weight excluding hydrogens is 1860 g/mol. The summed E-state index contributed by atoms with van der Waals surface area (Å²) >= 11 is 7.50. The molecule has 28 aromatic carbocycles. The fourth-order valence-electron chi connectivity index (χ4n) is 25.9. The minimum atomic E-state index is 1.21. The smallest absolute Gasteiger partial charge is 0.0355 e. The van der Waals surface area contributed by atoms with Crippen LogP contribution in [-0.4, -0.2) is 0 Å². The summed E-state index contributed by atoms with van der Waals surface area (Å²) in [6, 6.07) is 185. The molecule has 2 aliphatic carbocycles. The SMILES string of the molecule is c1ccc2c(c1)sc1ccc(-c3ccc4c(c3)-c3cc5c6ccccc6c6ccccc6c5cc3-c3cc(-c5ccc6sc7ccccc7c6c5)ccc3-c3cc5c6ccccc6c6ccccc6c5cc3-4)cc12.c1ccc2c(c1)sc1ccc(-c3ccc4c(c3)-c3cc5c6ccccc6c6ccccc6c5cc3-c3ccc(-c5ccc6sc7ccccc7c6c5)cc3-c3cc5c6ccccc6c6ccccc6c5cc3-4)cc12. The van der Waals surface area contributed by atoms with E-state index >= 15 is 0 Å². The molecule has 0 unspecified atom stereocenters. The van der Waals surface area contributed by atoms with Crippen molar-refractivity contribution in [2.24, 2.45) is 0 Å². The van der Waals surface area contributed by atoms with E-state index in [4.69, 9.17) is 0 Å². The van der Waals surface area contributed by atoms with Crippen molar-refractivity contribution in [3.8, 4) is 134 Å². The van der Waals surface area contributed by atoms with Gasteiger partial charge in [0, 0.05) is 80.7 Å². The van der Waals surface area contributed by atoms with Crippen LogP contribution in [0.15, 0.2) is 485 Å². The number of fused-ring (bicyclic) bond motifs is 52. The van der Waals surface area contributed by atoms with E-state index < -0.39 is 0 Å². The molecule has 0 saturated carbocycles. The first-order chi connectivity index (χ1) is 73.3. The molecule has 0 fully saturated rings. The second-order valence-electron chi connectivity index (χ2n) is 40.4.